The highest BCUT2D eigenvalue weighted by molar-refractivity contribution is 9.10. The molecule has 1 aliphatic heterocycles. The van der Waals surface area contributed by atoms with Crippen LogP contribution in [0.4, 0.5) is 14.9 Å². The van der Waals surface area contributed by atoms with Gasteiger partial charge in [0.15, 0.2) is 11.5 Å². The van der Waals surface area contributed by atoms with Crippen LogP contribution in [0.2, 0.25) is 0 Å². The van der Waals surface area contributed by atoms with Gasteiger partial charge in [-0.1, -0.05) is 18.2 Å². The van der Waals surface area contributed by atoms with Gasteiger partial charge in [0, 0.05) is 17.7 Å². The maximum absolute atomic E-state index is 14.0. The van der Waals surface area contributed by atoms with E-state index in [1.165, 1.54) is 43.5 Å². The number of nitro groups is 1. The summed E-state index contributed by atoms with van der Waals surface area (Å²) in [4.78, 5) is 36.4. The minimum atomic E-state index is -0.649. The number of urea groups is 1. The zero-order valence-corrected chi connectivity index (χ0v) is 20.5. The van der Waals surface area contributed by atoms with Crippen molar-refractivity contribution < 1.29 is 28.4 Å². The molecular weight excluding hydrogens is 537 g/mol. The monoisotopic (exact) mass is 555 g/mol. The summed E-state index contributed by atoms with van der Waals surface area (Å²) >= 11 is 3.44. The Kier molecular flexibility index (Phi) is 7.30. The largest absolute Gasteiger partial charge is 0.493 e. The lowest BCUT2D eigenvalue weighted by molar-refractivity contribution is -0.384. The zero-order chi connectivity index (χ0) is 25.8. The summed E-state index contributed by atoms with van der Waals surface area (Å²) < 4.78 is 25.8. The normalized spacial score (nSPS) is 14.2. The van der Waals surface area contributed by atoms with E-state index in [2.05, 4.69) is 21.2 Å². The van der Waals surface area contributed by atoms with Crippen molar-refractivity contribution in [2.75, 3.05) is 7.11 Å². The second-order valence-corrected chi connectivity index (χ2v) is 8.57. The van der Waals surface area contributed by atoms with E-state index in [9.17, 15) is 24.1 Å². The van der Waals surface area contributed by atoms with Gasteiger partial charge in [0.25, 0.3) is 11.6 Å². The molecule has 4 rings (SSSR count). The number of imide groups is 1. The summed E-state index contributed by atoms with van der Waals surface area (Å²) in [6.45, 7) is -0.0654. The number of carbonyl (C=O) groups is 2. The molecule has 3 aromatic rings. The Labute approximate surface area is 213 Å². The van der Waals surface area contributed by atoms with Crippen molar-refractivity contribution >= 4 is 39.6 Å². The van der Waals surface area contributed by atoms with Gasteiger partial charge in [-0.05, 0) is 63.5 Å². The summed E-state index contributed by atoms with van der Waals surface area (Å²) in [7, 11) is 1.45. The van der Waals surface area contributed by atoms with E-state index >= 15 is 0 Å². The predicted molar refractivity (Wildman–Crippen MR) is 132 cm³/mol. The molecule has 1 N–H and O–H groups in total. The van der Waals surface area contributed by atoms with Crippen LogP contribution in [0.1, 0.15) is 16.7 Å². The topological polar surface area (TPSA) is 111 Å². The van der Waals surface area contributed by atoms with Crippen LogP contribution in [0.15, 0.2) is 70.8 Å². The Balaban J connectivity index is 1.51. The molecule has 0 aliphatic carbocycles. The SMILES string of the molecule is COc1cc(/C=C2/NC(=O)N(Cc3ccccc3F)C2=O)cc(Br)c1OCc1ccc([N+](=O)[O-])cc1. The molecule has 184 valence electrons. The minimum absolute atomic E-state index is 0.0177. The molecule has 1 saturated heterocycles. The number of amides is 3. The van der Waals surface area contributed by atoms with Gasteiger partial charge in [-0.3, -0.25) is 19.8 Å². The molecule has 0 saturated carbocycles. The minimum Gasteiger partial charge on any atom is -0.493 e. The Morgan fingerprint density at radius 1 is 1.14 bits per heavy atom. The van der Waals surface area contributed by atoms with Gasteiger partial charge in [-0.2, -0.15) is 0 Å². The molecule has 0 bridgehead atoms. The summed E-state index contributed by atoms with van der Waals surface area (Å²) in [5.41, 5.74) is 1.50. The number of non-ortho nitro benzene ring substituents is 1. The molecular formula is C25H19BrFN3O6. The van der Waals surface area contributed by atoms with Crippen LogP contribution in [-0.2, 0) is 17.9 Å². The lowest BCUT2D eigenvalue weighted by Gasteiger charge is -2.14. The first-order valence-corrected chi connectivity index (χ1v) is 11.4. The van der Waals surface area contributed by atoms with E-state index in [-0.39, 0.29) is 30.1 Å². The highest BCUT2D eigenvalue weighted by Gasteiger charge is 2.34. The average Bonchev–Trinajstić information content (AvgIpc) is 3.11. The van der Waals surface area contributed by atoms with Gasteiger partial charge in [-0.25, -0.2) is 9.18 Å². The third-order valence-electron chi connectivity index (χ3n) is 5.34. The Hall–Kier alpha value is -4.25. The van der Waals surface area contributed by atoms with E-state index in [0.29, 0.717) is 21.5 Å². The third kappa shape index (κ3) is 5.36. The van der Waals surface area contributed by atoms with E-state index in [0.717, 1.165) is 10.5 Å². The number of methoxy groups -OCH3 is 1. The second kappa shape index (κ2) is 10.6. The number of carbonyl (C=O) groups excluding carboxylic acids is 2. The van der Waals surface area contributed by atoms with Gasteiger partial charge in [0.1, 0.15) is 18.1 Å². The Bertz CT molecular complexity index is 1380. The van der Waals surface area contributed by atoms with Crippen LogP contribution in [0.3, 0.4) is 0 Å². The van der Waals surface area contributed by atoms with Crippen LogP contribution in [0.5, 0.6) is 11.5 Å². The highest BCUT2D eigenvalue weighted by Crippen LogP contribution is 2.38. The van der Waals surface area contributed by atoms with E-state index in [1.807, 2.05) is 0 Å². The predicted octanol–water partition coefficient (Wildman–Crippen LogP) is 5.18. The van der Waals surface area contributed by atoms with Gasteiger partial charge in [-0.15, -0.1) is 0 Å². The number of hydrogen-bond acceptors (Lipinski definition) is 6. The van der Waals surface area contributed by atoms with Crippen LogP contribution in [-0.4, -0.2) is 28.9 Å². The molecule has 0 aromatic heterocycles. The number of nitrogens with zero attached hydrogens (tertiary/aromatic N) is 2. The standard InChI is InChI=1S/C25H19BrFN3O6/c1-35-22-12-16(10-19(26)23(22)36-14-15-6-8-18(9-7-15)30(33)34)11-21-24(31)29(25(32)28-21)13-17-4-2-3-5-20(17)27/h2-12H,13-14H2,1H3,(H,28,32)/b21-11+. The number of hydrogen-bond donors (Lipinski definition) is 1. The van der Waals surface area contributed by atoms with E-state index in [1.54, 1.807) is 30.3 Å². The molecule has 9 nitrogen and oxygen atoms in total. The van der Waals surface area contributed by atoms with Crippen LogP contribution in [0.25, 0.3) is 6.08 Å². The van der Waals surface area contributed by atoms with Crippen molar-refractivity contribution in [3.05, 3.63) is 103 Å². The molecule has 1 aliphatic rings. The van der Waals surface area contributed by atoms with Crippen LogP contribution >= 0.6 is 15.9 Å². The van der Waals surface area contributed by atoms with Crippen molar-refractivity contribution in [1.29, 1.82) is 0 Å². The zero-order valence-electron chi connectivity index (χ0n) is 18.9. The number of halogens is 2. The first-order chi connectivity index (χ1) is 17.3. The van der Waals surface area contributed by atoms with Gasteiger partial charge < -0.3 is 14.8 Å². The summed E-state index contributed by atoms with van der Waals surface area (Å²) in [5, 5.41) is 13.3. The molecule has 1 heterocycles. The first-order valence-electron chi connectivity index (χ1n) is 10.6. The van der Waals surface area contributed by atoms with E-state index < -0.39 is 22.7 Å². The Morgan fingerprint density at radius 3 is 2.53 bits per heavy atom. The van der Waals surface area contributed by atoms with Crippen LogP contribution < -0.4 is 14.8 Å². The third-order valence-corrected chi connectivity index (χ3v) is 5.93. The number of nitrogens with one attached hydrogen (secondary N) is 1. The molecule has 0 radical (unpaired) electrons. The molecule has 3 aromatic carbocycles. The van der Waals surface area contributed by atoms with Gasteiger partial charge in [0.2, 0.25) is 0 Å². The van der Waals surface area contributed by atoms with Gasteiger partial charge >= 0.3 is 6.03 Å². The number of rotatable bonds is 8. The maximum Gasteiger partial charge on any atom is 0.329 e. The van der Waals surface area contributed by atoms with Crippen LogP contribution in [0, 0.1) is 15.9 Å². The summed E-state index contributed by atoms with van der Waals surface area (Å²) in [6.07, 6.45) is 1.48. The second-order valence-electron chi connectivity index (χ2n) is 7.72. The summed E-state index contributed by atoms with van der Waals surface area (Å²) in [5.74, 6) is -0.343. The molecule has 36 heavy (non-hydrogen) atoms. The van der Waals surface area contributed by atoms with Crippen molar-refractivity contribution in [3.8, 4) is 11.5 Å². The summed E-state index contributed by atoms with van der Waals surface area (Å²) in [6, 6.07) is 14.6. The lowest BCUT2D eigenvalue weighted by Crippen LogP contribution is -2.30. The first kappa shape index (κ1) is 24.9. The smallest absolute Gasteiger partial charge is 0.329 e. The molecule has 11 heteroatoms. The van der Waals surface area contributed by atoms with Crippen molar-refractivity contribution in [3.63, 3.8) is 0 Å². The van der Waals surface area contributed by atoms with E-state index in [4.69, 9.17) is 9.47 Å². The fourth-order valence-electron chi connectivity index (χ4n) is 3.51. The molecule has 0 atom stereocenters. The lowest BCUT2D eigenvalue weighted by atomic mass is 10.1. The molecule has 1 fully saturated rings. The van der Waals surface area contributed by atoms with Gasteiger partial charge in [0.05, 0.1) is 23.1 Å². The van der Waals surface area contributed by atoms with Crippen molar-refractivity contribution in [1.82, 2.24) is 10.2 Å². The van der Waals surface area contributed by atoms with Crippen molar-refractivity contribution in [2.24, 2.45) is 0 Å². The Morgan fingerprint density at radius 2 is 1.86 bits per heavy atom. The number of nitro benzene ring substituents is 1. The highest BCUT2D eigenvalue weighted by atomic mass is 79.9. The quantitative estimate of drug-likeness (QED) is 0.177. The number of ether oxygens (including phenoxy) is 2. The average molecular weight is 556 g/mol. The number of benzene rings is 3. The fraction of sp³-hybridized carbons (Fsp3) is 0.120. The molecule has 3 amide bonds. The van der Waals surface area contributed by atoms with Crippen molar-refractivity contribution in [2.45, 2.75) is 13.2 Å². The molecule has 0 spiro atoms. The molecule has 0 unspecified atom stereocenters. The maximum atomic E-state index is 14.0. The fourth-order valence-corrected chi connectivity index (χ4v) is 4.09.